The molecule has 0 aliphatic carbocycles. The molecule has 0 aromatic heterocycles. The van der Waals surface area contributed by atoms with E-state index < -0.39 is 39.7 Å². The van der Waals surface area contributed by atoms with Crippen LogP contribution in [0.2, 0.25) is 0 Å². The van der Waals surface area contributed by atoms with Gasteiger partial charge >= 0.3 is 15.2 Å². The van der Waals surface area contributed by atoms with E-state index in [9.17, 15) is 28.3 Å². The summed E-state index contributed by atoms with van der Waals surface area (Å²) in [6.45, 7) is 1.55. The van der Waals surface area contributed by atoms with E-state index in [-0.39, 0.29) is 13.2 Å². The standard InChI is InChI=1S/C12H25NO8S/c1-2-3-4-5-6-20-12(22(17,18)19)11(16)10(15)9(14)8(7-13)21-12/h8-11,14-16H,2-7,13H2,1H3,(H,17,18,19)/t8-,9+,10+,11-,12+/m1/s1. The highest BCUT2D eigenvalue weighted by atomic mass is 32.2. The summed E-state index contributed by atoms with van der Waals surface area (Å²) in [6.07, 6.45) is -3.85. The Morgan fingerprint density at radius 2 is 1.82 bits per heavy atom. The highest BCUT2D eigenvalue weighted by Gasteiger charge is 2.62. The van der Waals surface area contributed by atoms with Gasteiger partial charge < -0.3 is 30.5 Å². The van der Waals surface area contributed by atoms with Crippen molar-refractivity contribution < 1.29 is 37.8 Å². The van der Waals surface area contributed by atoms with Gasteiger partial charge in [0.2, 0.25) is 0 Å². The molecule has 0 spiro atoms. The lowest BCUT2D eigenvalue weighted by molar-refractivity contribution is -0.320. The van der Waals surface area contributed by atoms with Gasteiger partial charge in [0.05, 0.1) is 6.61 Å². The molecule has 1 heterocycles. The van der Waals surface area contributed by atoms with Crippen molar-refractivity contribution >= 4 is 10.1 Å². The first-order valence-electron chi connectivity index (χ1n) is 7.24. The van der Waals surface area contributed by atoms with Crippen LogP contribution in [0.4, 0.5) is 0 Å². The molecule has 1 aliphatic heterocycles. The first kappa shape index (κ1) is 19.7. The van der Waals surface area contributed by atoms with E-state index in [4.69, 9.17) is 15.2 Å². The second-order valence-electron chi connectivity index (χ2n) is 5.31. The number of aliphatic hydroxyl groups is 3. The average molecular weight is 343 g/mol. The largest absolute Gasteiger partial charge is 0.388 e. The van der Waals surface area contributed by atoms with E-state index >= 15 is 0 Å². The molecule has 0 aromatic carbocycles. The quantitative estimate of drug-likeness (QED) is 0.263. The van der Waals surface area contributed by atoms with Crippen LogP contribution in [0.3, 0.4) is 0 Å². The Morgan fingerprint density at radius 1 is 1.18 bits per heavy atom. The van der Waals surface area contributed by atoms with Gasteiger partial charge in [-0.25, -0.2) is 0 Å². The zero-order valence-corrected chi connectivity index (χ0v) is 13.3. The third-order valence-corrected chi connectivity index (χ3v) is 4.80. The van der Waals surface area contributed by atoms with Crippen LogP contribution in [0.1, 0.15) is 32.6 Å². The highest BCUT2D eigenvalue weighted by molar-refractivity contribution is 7.87. The Hall–Kier alpha value is -0.330. The molecular formula is C12H25NO8S. The molecule has 0 amide bonds. The molecular weight excluding hydrogens is 318 g/mol. The predicted molar refractivity (Wildman–Crippen MR) is 76.3 cm³/mol. The van der Waals surface area contributed by atoms with Crippen molar-refractivity contribution in [3.63, 3.8) is 0 Å². The monoisotopic (exact) mass is 343 g/mol. The molecule has 1 aliphatic rings. The van der Waals surface area contributed by atoms with E-state index in [1.54, 1.807) is 0 Å². The van der Waals surface area contributed by atoms with Crippen LogP contribution in [0.25, 0.3) is 0 Å². The molecule has 22 heavy (non-hydrogen) atoms. The van der Waals surface area contributed by atoms with Crippen molar-refractivity contribution in [2.45, 2.75) is 62.1 Å². The Morgan fingerprint density at radius 3 is 2.32 bits per heavy atom. The third-order valence-electron chi connectivity index (χ3n) is 3.63. The summed E-state index contributed by atoms with van der Waals surface area (Å²) >= 11 is 0. The first-order chi connectivity index (χ1) is 10.2. The van der Waals surface area contributed by atoms with E-state index in [1.165, 1.54) is 0 Å². The van der Waals surface area contributed by atoms with Crippen molar-refractivity contribution in [3.8, 4) is 0 Å². The molecule has 0 radical (unpaired) electrons. The van der Waals surface area contributed by atoms with Crippen molar-refractivity contribution in [3.05, 3.63) is 0 Å². The van der Waals surface area contributed by atoms with Gasteiger partial charge in [-0.3, -0.25) is 4.55 Å². The summed E-state index contributed by atoms with van der Waals surface area (Å²) in [5.41, 5.74) is 5.35. The molecule has 5 atom stereocenters. The van der Waals surface area contributed by atoms with Gasteiger partial charge in [0.1, 0.15) is 18.3 Å². The summed E-state index contributed by atoms with van der Waals surface area (Å²) in [4.78, 5) is 0. The van der Waals surface area contributed by atoms with Crippen molar-refractivity contribution in [2.24, 2.45) is 5.73 Å². The Bertz CT molecular complexity index is 442. The summed E-state index contributed by atoms with van der Waals surface area (Å²) in [6, 6.07) is 0. The van der Waals surface area contributed by atoms with Crippen LogP contribution < -0.4 is 5.73 Å². The smallest absolute Gasteiger partial charge is 0.329 e. The molecule has 1 rings (SSSR count). The summed E-state index contributed by atoms with van der Waals surface area (Å²) < 4.78 is 42.9. The zero-order valence-electron chi connectivity index (χ0n) is 12.5. The molecule has 9 nitrogen and oxygen atoms in total. The molecule has 0 bridgehead atoms. The van der Waals surface area contributed by atoms with Gasteiger partial charge in [-0.1, -0.05) is 26.2 Å². The van der Waals surface area contributed by atoms with Gasteiger partial charge in [0, 0.05) is 6.54 Å². The minimum Gasteiger partial charge on any atom is -0.388 e. The Balaban J connectivity index is 2.95. The second kappa shape index (κ2) is 7.97. The van der Waals surface area contributed by atoms with Gasteiger partial charge in [-0.05, 0) is 6.42 Å². The number of aliphatic hydroxyl groups excluding tert-OH is 3. The van der Waals surface area contributed by atoms with E-state index in [0.717, 1.165) is 19.3 Å². The SMILES string of the molecule is CCCCCCO[C@]1(S(=O)(=O)O)O[C@H](CN)[C@H](O)[C@H](O)[C@H]1O. The molecule has 0 unspecified atom stereocenters. The molecule has 132 valence electrons. The molecule has 1 saturated heterocycles. The molecule has 10 heteroatoms. The van der Waals surface area contributed by atoms with Crippen LogP contribution in [-0.4, -0.2) is 71.0 Å². The fraction of sp³-hybridized carbons (Fsp3) is 1.00. The molecule has 6 N–H and O–H groups in total. The summed E-state index contributed by atoms with van der Waals surface area (Å²) in [7, 11) is -5.05. The van der Waals surface area contributed by atoms with E-state index in [1.807, 2.05) is 6.92 Å². The lowest BCUT2D eigenvalue weighted by Gasteiger charge is -2.45. The number of unbranched alkanes of at least 4 members (excludes halogenated alkanes) is 3. The average Bonchev–Trinajstić information content (AvgIpc) is 2.45. The van der Waals surface area contributed by atoms with Gasteiger partial charge in [-0.2, -0.15) is 8.42 Å². The van der Waals surface area contributed by atoms with Crippen LogP contribution >= 0.6 is 0 Å². The van der Waals surface area contributed by atoms with Crippen molar-refractivity contribution in [1.82, 2.24) is 0 Å². The first-order valence-corrected chi connectivity index (χ1v) is 8.68. The van der Waals surface area contributed by atoms with Gasteiger partial charge in [0.25, 0.3) is 0 Å². The lowest BCUT2D eigenvalue weighted by Crippen LogP contribution is -2.69. The third kappa shape index (κ3) is 3.95. The number of hydrogen-bond donors (Lipinski definition) is 5. The van der Waals surface area contributed by atoms with Crippen LogP contribution in [0.5, 0.6) is 0 Å². The van der Waals surface area contributed by atoms with E-state index in [2.05, 4.69) is 0 Å². The lowest BCUT2D eigenvalue weighted by atomic mass is 9.98. The maximum atomic E-state index is 11.7. The molecule has 0 aromatic rings. The normalized spacial score (nSPS) is 36.5. The summed E-state index contributed by atoms with van der Waals surface area (Å²) in [5, 5.41) is 26.6. The minimum absolute atomic E-state index is 0.114. The van der Waals surface area contributed by atoms with E-state index in [0.29, 0.717) is 6.42 Å². The number of ether oxygens (including phenoxy) is 2. The summed E-state index contributed by atoms with van der Waals surface area (Å²) in [5.74, 6) is 0. The second-order valence-corrected chi connectivity index (χ2v) is 6.82. The number of nitrogens with two attached hydrogens (primary N) is 1. The Kier molecular flexibility index (Phi) is 7.15. The highest BCUT2D eigenvalue weighted by Crippen LogP contribution is 2.35. The van der Waals surface area contributed by atoms with Crippen LogP contribution in [-0.2, 0) is 19.6 Å². The fourth-order valence-corrected chi connectivity index (χ4v) is 3.23. The molecule has 0 saturated carbocycles. The number of hydrogen-bond acceptors (Lipinski definition) is 8. The van der Waals surface area contributed by atoms with Crippen molar-refractivity contribution in [1.29, 1.82) is 0 Å². The van der Waals surface area contributed by atoms with Gasteiger partial charge in [-0.15, -0.1) is 0 Å². The number of rotatable bonds is 8. The zero-order chi connectivity index (χ0) is 17.0. The Labute approximate surface area is 129 Å². The predicted octanol–water partition coefficient (Wildman–Crippen LogP) is -1.43. The fourth-order valence-electron chi connectivity index (χ4n) is 2.30. The van der Waals surface area contributed by atoms with Crippen molar-refractivity contribution in [2.75, 3.05) is 13.2 Å². The topological polar surface area (TPSA) is 160 Å². The van der Waals surface area contributed by atoms with Crippen LogP contribution in [0, 0.1) is 0 Å². The maximum Gasteiger partial charge on any atom is 0.329 e. The minimum atomic E-state index is -5.05. The maximum absolute atomic E-state index is 11.7. The van der Waals surface area contributed by atoms with Crippen LogP contribution in [0.15, 0.2) is 0 Å². The van der Waals surface area contributed by atoms with Gasteiger partial charge in [0.15, 0.2) is 6.10 Å². The molecule has 1 fully saturated rings.